The molecule has 0 unspecified atom stereocenters. The molecule has 0 spiro atoms. The second kappa shape index (κ2) is 6.83. The van der Waals surface area contributed by atoms with Crippen LogP contribution < -0.4 is 0 Å². The molecule has 3 rings (SSSR count). The lowest BCUT2D eigenvalue weighted by Gasteiger charge is -2.21. The Morgan fingerprint density at radius 2 is 2.00 bits per heavy atom. The number of fused-ring (bicyclic) bond motifs is 1. The van der Waals surface area contributed by atoms with Crippen molar-refractivity contribution in [3.63, 3.8) is 0 Å². The summed E-state index contributed by atoms with van der Waals surface area (Å²) in [6.07, 6.45) is 2.50. The van der Waals surface area contributed by atoms with Crippen molar-refractivity contribution in [3.8, 4) is 0 Å². The van der Waals surface area contributed by atoms with Gasteiger partial charge in [-0.25, -0.2) is 4.98 Å². The number of aromatic nitrogens is 3. The highest BCUT2D eigenvalue weighted by atomic mass is 16.2. The molecule has 0 bridgehead atoms. The van der Waals surface area contributed by atoms with Gasteiger partial charge in [-0.3, -0.25) is 9.48 Å². The molecule has 24 heavy (non-hydrogen) atoms. The topological polar surface area (TPSA) is 51.0 Å². The van der Waals surface area contributed by atoms with Gasteiger partial charge < -0.3 is 4.90 Å². The van der Waals surface area contributed by atoms with Crippen LogP contribution >= 0.6 is 0 Å². The van der Waals surface area contributed by atoms with Crippen LogP contribution in [0.5, 0.6) is 0 Å². The van der Waals surface area contributed by atoms with E-state index in [0.717, 1.165) is 23.1 Å². The van der Waals surface area contributed by atoms with Crippen LogP contribution in [-0.4, -0.2) is 38.7 Å². The number of amides is 1. The minimum atomic E-state index is 0.0195. The van der Waals surface area contributed by atoms with Gasteiger partial charge in [-0.15, -0.1) is 0 Å². The van der Waals surface area contributed by atoms with E-state index in [4.69, 9.17) is 0 Å². The van der Waals surface area contributed by atoms with Crippen LogP contribution in [-0.2, 0) is 13.5 Å². The first-order chi connectivity index (χ1) is 11.6. The molecule has 5 heteroatoms. The molecule has 0 radical (unpaired) electrons. The standard InChI is InChI=1S/C19H22N4O/c1-4-23(11-10-15-8-6-5-7-9-15)19(24)16-12-17-14(2)21-22(3)18(17)20-13-16/h5-9,12-13H,4,10-11H2,1-3H3. The van der Waals surface area contributed by atoms with Crippen molar-refractivity contribution < 1.29 is 4.79 Å². The summed E-state index contributed by atoms with van der Waals surface area (Å²) >= 11 is 0. The normalized spacial score (nSPS) is 11.0. The second-order valence-corrected chi connectivity index (χ2v) is 5.92. The molecule has 2 aromatic heterocycles. The molecular weight excluding hydrogens is 300 g/mol. The monoisotopic (exact) mass is 322 g/mol. The number of likely N-dealkylation sites (N-methyl/N-ethyl adjacent to an activating group) is 1. The molecule has 0 aliphatic rings. The summed E-state index contributed by atoms with van der Waals surface area (Å²) in [7, 11) is 1.86. The molecule has 1 amide bonds. The maximum atomic E-state index is 12.8. The average Bonchev–Trinajstić information content (AvgIpc) is 2.90. The Bertz CT molecular complexity index is 854. The molecule has 124 valence electrons. The molecule has 5 nitrogen and oxygen atoms in total. The number of pyridine rings is 1. The smallest absolute Gasteiger partial charge is 0.255 e. The van der Waals surface area contributed by atoms with Crippen molar-refractivity contribution in [3.05, 3.63) is 59.4 Å². The van der Waals surface area contributed by atoms with Crippen molar-refractivity contribution in [2.24, 2.45) is 7.05 Å². The number of aryl methyl sites for hydroxylation is 2. The number of nitrogens with zero attached hydrogens (tertiary/aromatic N) is 4. The number of benzene rings is 1. The zero-order valence-corrected chi connectivity index (χ0v) is 14.4. The summed E-state index contributed by atoms with van der Waals surface area (Å²) < 4.78 is 1.74. The minimum Gasteiger partial charge on any atom is -0.339 e. The van der Waals surface area contributed by atoms with E-state index in [1.54, 1.807) is 10.9 Å². The fourth-order valence-corrected chi connectivity index (χ4v) is 2.92. The van der Waals surface area contributed by atoms with Crippen LogP contribution in [0.25, 0.3) is 11.0 Å². The SMILES string of the molecule is CCN(CCc1ccccc1)C(=O)c1cnc2c(c1)c(C)nn2C. The predicted octanol–water partition coefficient (Wildman–Crippen LogP) is 2.98. The summed E-state index contributed by atoms with van der Waals surface area (Å²) in [4.78, 5) is 19.1. The summed E-state index contributed by atoms with van der Waals surface area (Å²) in [5.74, 6) is 0.0195. The van der Waals surface area contributed by atoms with Gasteiger partial charge in [0.1, 0.15) is 0 Å². The van der Waals surface area contributed by atoms with E-state index in [2.05, 4.69) is 22.2 Å². The van der Waals surface area contributed by atoms with E-state index < -0.39 is 0 Å². The van der Waals surface area contributed by atoms with Crippen LogP contribution in [0.4, 0.5) is 0 Å². The molecule has 0 aliphatic heterocycles. The molecule has 0 fully saturated rings. The van der Waals surface area contributed by atoms with Crippen molar-refractivity contribution in [2.75, 3.05) is 13.1 Å². The third-order valence-corrected chi connectivity index (χ3v) is 4.29. The molecule has 3 aromatic rings. The molecule has 0 aliphatic carbocycles. The Kier molecular flexibility index (Phi) is 4.60. The van der Waals surface area contributed by atoms with Gasteiger partial charge in [0.2, 0.25) is 0 Å². The van der Waals surface area contributed by atoms with Crippen LogP contribution in [0.2, 0.25) is 0 Å². The molecular formula is C19H22N4O. The van der Waals surface area contributed by atoms with Gasteiger partial charge in [0, 0.05) is 31.7 Å². The van der Waals surface area contributed by atoms with Gasteiger partial charge in [-0.05, 0) is 31.9 Å². The van der Waals surface area contributed by atoms with Crippen molar-refractivity contribution in [2.45, 2.75) is 20.3 Å². The number of rotatable bonds is 5. The molecule has 0 N–H and O–H groups in total. The van der Waals surface area contributed by atoms with Gasteiger partial charge >= 0.3 is 0 Å². The third-order valence-electron chi connectivity index (χ3n) is 4.29. The second-order valence-electron chi connectivity index (χ2n) is 5.92. The summed E-state index contributed by atoms with van der Waals surface area (Å²) in [6.45, 7) is 5.31. The number of hydrogen-bond donors (Lipinski definition) is 0. The zero-order valence-electron chi connectivity index (χ0n) is 14.4. The maximum absolute atomic E-state index is 12.8. The Morgan fingerprint density at radius 3 is 2.71 bits per heavy atom. The highest BCUT2D eigenvalue weighted by molar-refractivity contribution is 5.97. The van der Waals surface area contributed by atoms with E-state index in [9.17, 15) is 4.79 Å². The van der Waals surface area contributed by atoms with Gasteiger partial charge in [0.05, 0.1) is 11.3 Å². The Hall–Kier alpha value is -2.69. The lowest BCUT2D eigenvalue weighted by Crippen LogP contribution is -2.32. The van der Waals surface area contributed by atoms with Crippen LogP contribution in [0.1, 0.15) is 28.5 Å². The van der Waals surface area contributed by atoms with Crippen molar-refractivity contribution in [1.29, 1.82) is 0 Å². The fraction of sp³-hybridized carbons (Fsp3) is 0.316. The summed E-state index contributed by atoms with van der Waals surface area (Å²) in [5.41, 5.74) is 3.55. The molecule has 0 saturated carbocycles. The first-order valence-corrected chi connectivity index (χ1v) is 8.22. The Morgan fingerprint density at radius 1 is 1.25 bits per heavy atom. The van der Waals surface area contributed by atoms with Gasteiger partial charge in [0.25, 0.3) is 5.91 Å². The van der Waals surface area contributed by atoms with Crippen LogP contribution in [0, 0.1) is 6.92 Å². The van der Waals surface area contributed by atoms with Crippen LogP contribution in [0.15, 0.2) is 42.6 Å². The Labute approximate surface area is 141 Å². The number of carbonyl (C=O) groups excluding carboxylic acids is 1. The number of carbonyl (C=O) groups is 1. The molecule has 0 saturated heterocycles. The molecule has 1 aromatic carbocycles. The minimum absolute atomic E-state index is 0.0195. The maximum Gasteiger partial charge on any atom is 0.255 e. The van der Waals surface area contributed by atoms with Crippen molar-refractivity contribution in [1.82, 2.24) is 19.7 Å². The van der Waals surface area contributed by atoms with Crippen LogP contribution in [0.3, 0.4) is 0 Å². The van der Waals surface area contributed by atoms with E-state index in [-0.39, 0.29) is 5.91 Å². The first kappa shape index (κ1) is 16.2. The zero-order chi connectivity index (χ0) is 17.1. The highest BCUT2D eigenvalue weighted by Crippen LogP contribution is 2.17. The van der Waals surface area contributed by atoms with E-state index >= 15 is 0 Å². The lowest BCUT2D eigenvalue weighted by molar-refractivity contribution is 0.0766. The number of hydrogen-bond acceptors (Lipinski definition) is 3. The Balaban J connectivity index is 1.79. The van der Waals surface area contributed by atoms with Gasteiger partial charge in [0.15, 0.2) is 5.65 Å². The predicted molar refractivity (Wildman–Crippen MR) is 95.0 cm³/mol. The van der Waals surface area contributed by atoms with Gasteiger partial charge in [-0.1, -0.05) is 30.3 Å². The van der Waals surface area contributed by atoms with Crippen molar-refractivity contribution >= 4 is 16.9 Å². The van der Waals surface area contributed by atoms with Gasteiger partial charge in [-0.2, -0.15) is 5.10 Å². The first-order valence-electron chi connectivity index (χ1n) is 8.22. The van der Waals surface area contributed by atoms with E-state index in [1.807, 2.05) is 50.1 Å². The largest absolute Gasteiger partial charge is 0.339 e. The van der Waals surface area contributed by atoms with E-state index in [1.165, 1.54) is 5.56 Å². The summed E-state index contributed by atoms with van der Waals surface area (Å²) in [5, 5.41) is 5.29. The summed E-state index contributed by atoms with van der Waals surface area (Å²) in [6, 6.07) is 12.1. The van der Waals surface area contributed by atoms with E-state index in [0.29, 0.717) is 18.7 Å². The molecule has 2 heterocycles. The lowest BCUT2D eigenvalue weighted by atomic mass is 10.1. The highest BCUT2D eigenvalue weighted by Gasteiger charge is 2.16. The fourth-order valence-electron chi connectivity index (χ4n) is 2.92. The average molecular weight is 322 g/mol. The molecule has 0 atom stereocenters. The quantitative estimate of drug-likeness (QED) is 0.725. The third kappa shape index (κ3) is 3.15.